The minimum atomic E-state index is -4.39. The third kappa shape index (κ3) is 5.00. The van der Waals surface area contributed by atoms with E-state index in [9.17, 15) is 13.2 Å². The van der Waals surface area contributed by atoms with Gasteiger partial charge in [0.1, 0.15) is 30.3 Å². The van der Waals surface area contributed by atoms with Crippen LogP contribution < -0.4 is 18.9 Å². The molecule has 0 saturated heterocycles. The van der Waals surface area contributed by atoms with Crippen LogP contribution in [0.15, 0.2) is 66.7 Å². The first-order valence-electron chi connectivity index (χ1n) is 11.6. The van der Waals surface area contributed by atoms with E-state index < -0.39 is 11.7 Å². The monoisotopic (exact) mass is 545 g/mol. The molecule has 1 atom stereocenters. The lowest BCUT2D eigenvalue weighted by Gasteiger charge is -2.19. The SMILES string of the molecule is COc1cc(OC)cc(-c2c(C)sc3[n+]2CC(c2ccc(Cl)cc2)N3Cc2cccc(C(F)(F)F)c2)c1. The fourth-order valence-electron chi connectivity index (χ4n) is 4.81. The van der Waals surface area contributed by atoms with Crippen LogP contribution in [0.3, 0.4) is 0 Å². The Bertz CT molecular complexity index is 1410. The van der Waals surface area contributed by atoms with Gasteiger partial charge in [-0.05, 0) is 48.9 Å². The summed E-state index contributed by atoms with van der Waals surface area (Å²) in [6, 6.07) is 18.9. The molecule has 1 unspecified atom stereocenters. The molecule has 1 aliphatic rings. The Hall–Kier alpha value is -3.23. The number of aryl methyl sites for hydroxylation is 1. The number of halogens is 4. The van der Waals surface area contributed by atoms with Crippen LogP contribution in [0.4, 0.5) is 18.3 Å². The molecule has 1 aliphatic heterocycles. The van der Waals surface area contributed by atoms with E-state index in [0.717, 1.165) is 32.9 Å². The Kier molecular flexibility index (Phi) is 6.81. The molecule has 37 heavy (non-hydrogen) atoms. The van der Waals surface area contributed by atoms with Gasteiger partial charge in [0.15, 0.2) is 6.04 Å². The second-order valence-electron chi connectivity index (χ2n) is 8.89. The van der Waals surface area contributed by atoms with Crippen molar-refractivity contribution >= 4 is 28.1 Å². The lowest BCUT2D eigenvalue weighted by atomic mass is 10.0. The maximum absolute atomic E-state index is 13.4. The first-order valence-corrected chi connectivity index (χ1v) is 12.8. The summed E-state index contributed by atoms with van der Waals surface area (Å²) in [5, 5.41) is 1.61. The summed E-state index contributed by atoms with van der Waals surface area (Å²) in [4.78, 5) is 3.27. The lowest BCUT2D eigenvalue weighted by Crippen LogP contribution is -2.32. The number of thiazole rings is 1. The average molecular weight is 546 g/mol. The standard InChI is InChI=1S/C28H25ClF3N2O2S/c1-17-26(20-12-23(35-2)14-24(13-20)36-3)34-16-25(19-7-9-22(29)10-8-19)33(27(34)37-17)15-18-5-4-6-21(11-18)28(30,31)32/h4-14,25H,15-16H2,1-3H3/q+1. The van der Waals surface area contributed by atoms with Crippen molar-refractivity contribution in [2.24, 2.45) is 0 Å². The van der Waals surface area contributed by atoms with Gasteiger partial charge in [0.2, 0.25) is 0 Å². The molecule has 0 spiro atoms. The second-order valence-corrected chi connectivity index (χ2v) is 10.5. The zero-order chi connectivity index (χ0) is 26.3. The Labute approximate surface area is 222 Å². The molecular formula is C28H25ClF3N2O2S+. The molecule has 2 heterocycles. The van der Waals surface area contributed by atoms with Gasteiger partial charge >= 0.3 is 11.3 Å². The maximum atomic E-state index is 13.4. The topological polar surface area (TPSA) is 25.6 Å². The van der Waals surface area contributed by atoms with E-state index in [4.69, 9.17) is 21.1 Å². The van der Waals surface area contributed by atoms with Crippen molar-refractivity contribution in [3.63, 3.8) is 0 Å². The maximum Gasteiger partial charge on any atom is 0.416 e. The summed E-state index contributed by atoms with van der Waals surface area (Å²) in [6.07, 6.45) is -4.39. The van der Waals surface area contributed by atoms with Crippen LogP contribution in [0.1, 0.15) is 27.6 Å². The molecule has 0 aliphatic carbocycles. The molecule has 3 aromatic carbocycles. The Morgan fingerprint density at radius 2 is 1.68 bits per heavy atom. The quantitative estimate of drug-likeness (QED) is 0.235. The predicted octanol–water partition coefficient (Wildman–Crippen LogP) is 7.46. The number of methoxy groups -OCH3 is 2. The van der Waals surface area contributed by atoms with E-state index in [2.05, 4.69) is 16.4 Å². The van der Waals surface area contributed by atoms with Gasteiger partial charge in [0.25, 0.3) is 0 Å². The van der Waals surface area contributed by atoms with E-state index in [-0.39, 0.29) is 6.04 Å². The molecule has 0 radical (unpaired) electrons. The number of benzene rings is 3. The van der Waals surface area contributed by atoms with Gasteiger partial charge in [-0.15, -0.1) is 0 Å². The van der Waals surface area contributed by atoms with Gasteiger partial charge in [-0.1, -0.05) is 47.2 Å². The summed E-state index contributed by atoms with van der Waals surface area (Å²) < 4.78 is 53.5. The molecule has 4 aromatic rings. The van der Waals surface area contributed by atoms with Crippen molar-refractivity contribution in [3.05, 3.63) is 93.3 Å². The lowest BCUT2D eigenvalue weighted by molar-refractivity contribution is -0.659. The Balaban J connectivity index is 1.61. The van der Waals surface area contributed by atoms with Crippen molar-refractivity contribution < 1.29 is 27.2 Å². The minimum absolute atomic E-state index is 0.0788. The molecular weight excluding hydrogens is 521 g/mol. The van der Waals surface area contributed by atoms with Crippen molar-refractivity contribution in [2.75, 3.05) is 19.1 Å². The molecule has 0 N–H and O–H groups in total. The molecule has 4 nitrogen and oxygen atoms in total. The third-order valence-corrected chi connectivity index (χ3v) is 7.93. The van der Waals surface area contributed by atoms with Gasteiger partial charge in [-0.25, -0.2) is 9.47 Å². The number of rotatable bonds is 6. The number of nitrogens with zero attached hydrogens (tertiary/aromatic N) is 2. The van der Waals surface area contributed by atoms with E-state index in [1.54, 1.807) is 31.6 Å². The summed E-state index contributed by atoms with van der Waals surface area (Å²) >= 11 is 7.77. The van der Waals surface area contributed by atoms with Crippen LogP contribution in [-0.2, 0) is 19.3 Å². The molecule has 1 aromatic heterocycles. The summed E-state index contributed by atoms with van der Waals surface area (Å²) in [6.45, 7) is 3.02. The van der Waals surface area contributed by atoms with Crippen LogP contribution in [0, 0.1) is 6.92 Å². The molecule has 0 fully saturated rings. The van der Waals surface area contributed by atoms with Gasteiger partial charge < -0.3 is 9.47 Å². The zero-order valence-corrected chi connectivity index (χ0v) is 22.0. The highest BCUT2D eigenvalue weighted by Gasteiger charge is 2.43. The zero-order valence-electron chi connectivity index (χ0n) is 20.5. The average Bonchev–Trinajstić information content (AvgIpc) is 3.38. The highest BCUT2D eigenvalue weighted by Crippen LogP contribution is 2.42. The van der Waals surface area contributed by atoms with Gasteiger partial charge in [0, 0.05) is 22.2 Å². The number of hydrogen-bond acceptors (Lipinski definition) is 4. The van der Waals surface area contributed by atoms with Crippen molar-refractivity contribution in [1.82, 2.24) is 0 Å². The van der Waals surface area contributed by atoms with Crippen molar-refractivity contribution in [2.45, 2.75) is 32.2 Å². The van der Waals surface area contributed by atoms with Crippen molar-refractivity contribution in [1.29, 1.82) is 0 Å². The largest absolute Gasteiger partial charge is 0.497 e. The van der Waals surface area contributed by atoms with Gasteiger partial charge in [-0.3, -0.25) is 0 Å². The van der Waals surface area contributed by atoms with E-state index in [0.29, 0.717) is 35.2 Å². The van der Waals surface area contributed by atoms with E-state index in [1.807, 2.05) is 42.5 Å². The van der Waals surface area contributed by atoms with Gasteiger partial charge in [-0.2, -0.15) is 13.2 Å². The minimum Gasteiger partial charge on any atom is -0.497 e. The van der Waals surface area contributed by atoms with Gasteiger partial charge in [0.05, 0.1) is 24.7 Å². The summed E-state index contributed by atoms with van der Waals surface area (Å²) in [7, 11) is 3.23. The summed E-state index contributed by atoms with van der Waals surface area (Å²) in [5.41, 5.74) is 2.97. The molecule has 192 valence electrons. The Morgan fingerprint density at radius 1 is 1.00 bits per heavy atom. The fraction of sp³-hybridized carbons (Fsp3) is 0.250. The second kappa shape index (κ2) is 9.91. The first-order chi connectivity index (χ1) is 17.7. The molecule has 0 saturated carbocycles. The highest BCUT2D eigenvalue weighted by molar-refractivity contribution is 7.15. The number of aromatic nitrogens is 1. The van der Waals surface area contributed by atoms with Crippen LogP contribution in [0.2, 0.25) is 5.02 Å². The van der Waals surface area contributed by atoms with E-state index >= 15 is 0 Å². The number of fused-ring (bicyclic) bond motifs is 1. The van der Waals surface area contributed by atoms with Crippen molar-refractivity contribution in [3.8, 4) is 22.8 Å². The third-order valence-electron chi connectivity index (χ3n) is 6.54. The van der Waals surface area contributed by atoms with E-state index in [1.165, 1.54) is 12.1 Å². The molecule has 0 bridgehead atoms. The molecule has 5 rings (SSSR count). The van der Waals surface area contributed by atoms with Crippen LogP contribution in [-0.4, -0.2) is 14.2 Å². The molecule has 0 amide bonds. The Morgan fingerprint density at radius 3 is 2.30 bits per heavy atom. The number of hydrogen-bond donors (Lipinski definition) is 0. The van der Waals surface area contributed by atoms with Crippen LogP contribution in [0.5, 0.6) is 11.5 Å². The number of anilines is 1. The first kappa shape index (κ1) is 25.4. The number of alkyl halides is 3. The smallest absolute Gasteiger partial charge is 0.416 e. The summed E-state index contributed by atoms with van der Waals surface area (Å²) in [5.74, 6) is 1.37. The van der Waals surface area contributed by atoms with Crippen LogP contribution >= 0.6 is 22.9 Å². The normalized spacial score (nSPS) is 15.1. The predicted molar refractivity (Wildman–Crippen MR) is 140 cm³/mol. The highest BCUT2D eigenvalue weighted by atomic mass is 35.5. The fourth-order valence-corrected chi connectivity index (χ4v) is 6.12. The number of ether oxygens (including phenoxy) is 2. The van der Waals surface area contributed by atoms with Crippen LogP contribution in [0.25, 0.3) is 11.3 Å². The molecule has 9 heteroatoms.